The van der Waals surface area contributed by atoms with Crippen LogP contribution in [0.4, 0.5) is 0 Å². The SMILES string of the molecule is C1CCOC1.COC(=O)c1ccccc1. The minimum absolute atomic E-state index is 0.291. The third-order valence-electron chi connectivity index (χ3n) is 2.02. The van der Waals surface area contributed by atoms with Crippen LogP contribution in [0.15, 0.2) is 30.3 Å². The molecule has 1 aromatic carbocycles. The van der Waals surface area contributed by atoms with Crippen LogP contribution >= 0.6 is 0 Å². The van der Waals surface area contributed by atoms with Crippen molar-refractivity contribution in [2.45, 2.75) is 12.8 Å². The topological polar surface area (TPSA) is 35.5 Å². The molecule has 0 aliphatic carbocycles. The van der Waals surface area contributed by atoms with Crippen LogP contribution in [-0.4, -0.2) is 26.3 Å². The number of rotatable bonds is 1. The number of carbonyl (C=O) groups is 1. The Hall–Kier alpha value is -1.35. The lowest BCUT2D eigenvalue weighted by Gasteiger charge is -1.95. The molecule has 15 heavy (non-hydrogen) atoms. The van der Waals surface area contributed by atoms with E-state index >= 15 is 0 Å². The van der Waals surface area contributed by atoms with Gasteiger partial charge in [-0.2, -0.15) is 0 Å². The van der Waals surface area contributed by atoms with Crippen LogP contribution < -0.4 is 0 Å². The van der Waals surface area contributed by atoms with Gasteiger partial charge in [-0.25, -0.2) is 4.79 Å². The standard InChI is InChI=1S/C8H8O2.C4H8O/c1-10-8(9)7-5-3-2-4-6-7;1-2-4-5-3-1/h2-6H,1H3;1-4H2. The molecule has 1 aliphatic rings. The first kappa shape index (κ1) is 11.7. The highest BCUT2D eigenvalue weighted by atomic mass is 16.5. The van der Waals surface area contributed by atoms with Crippen LogP contribution in [0.3, 0.4) is 0 Å². The zero-order chi connectivity index (χ0) is 10.9. The van der Waals surface area contributed by atoms with Crippen LogP contribution in [0.1, 0.15) is 23.2 Å². The van der Waals surface area contributed by atoms with Crippen molar-refractivity contribution in [2.75, 3.05) is 20.3 Å². The van der Waals surface area contributed by atoms with Gasteiger partial charge < -0.3 is 9.47 Å². The molecule has 0 aromatic heterocycles. The van der Waals surface area contributed by atoms with Crippen molar-refractivity contribution in [3.05, 3.63) is 35.9 Å². The molecule has 0 amide bonds. The molecule has 0 N–H and O–H groups in total. The molecule has 2 rings (SSSR count). The molecule has 3 nitrogen and oxygen atoms in total. The van der Waals surface area contributed by atoms with Gasteiger partial charge in [-0.15, -0.1) is 0 Å². The van der Waals surface area contributed by atoms with Crippen LogP contribution in [0.2, 0.25) is 0 Å². The summed E-state index contributed by atoms with van der Waals surface area (Å²) in [4.78, 5) is 10.8. The highest BCUT2D eigenvalue weighted by molar-refractivity contribution is 5.89. The summed E-state index contributed by atoms with van der Waals surface area (Å²) in [6.07, 6.45) is 2.56. The summed E-state index contributed by atoms with van der Waals surface area (Å²) in [5, 5.41) is 0. The molecule has 1 saturated heterocycles. The molecular formula is C12H16O3. The largest absolute Gasteiger partial charge is 0.465 e. The second kappa shape index (κ2) is 7.01. The second-order valence-electron chi connectivity index (χ2n) is 3.18. The van der Waals surface area contributed by atoms with Crippen LogP contribution in [0.25, 0.3) is 0 Å². The van der Waals surface area contributed by atoms with Gasteiger partial charge in [-0.3, -0.25) is 0 Å². The Bertz CT molecular complexity index is 271. The normalized spacial score (nSPS) is 13.9. The molecule has 82 valence electrons. The smallest absolute Gasteiger partial charge is 0.337 e. The Morgan fingerprint density at radius 3 is 2.20 bits per heavy atom. The maximum atomic E-state index is 10.8. The molecule has 0 unspecified atom stereocenters. The Morgan fingerprint density at radius 1 is 1.20 bits per heavy atom. The molecule has 1 aliphatic heterocycles. The van der Waals surface area contributed by atoms with Crippen LogP contribution in [0.5, 0.6) is 0 Å². The van der Waals surface area contributed by atoms with E-state index in [0.29, 0.717) is 5.56 Å². The predicted octanol–water partition coefficient (Wildman–Crippen LogP) is 2.27. The number of carbonyl (C=O) groups excluding carboxylic acids is 1. The maximum Gasteiger partial charge on any atom is 0.337 e. The second-order valence-corrected chi connectivity index (χ2v) is 3.18. The van der Waals surface area contributed by atoms with E-state index in [9.17, 15) is 4.79 Å². The van der Waals surface area contributed by atoms with Crippen molar-refractivity contribution in [1.29, 1.82) is 0 Å². The van der Waals surface area contributed by atoms with Gasteiger partial charge in [0, 0.05) is 13.2 Å². The first-order valence-corrected chi connectivity index (χ1v) is 5.05. The summed E-state index contributed by atoms with van der Waals surface area (Å²) in [5.41, 5.74) is 0.588. The molecule has 0 bridgehead atoms. The van der Waals surface area contributed by atoms with Gasteiger partial charge in [0.25, 0.3) is 0 Å². The molecule has 3 heteroatoms. The fraction of sp³-hybridized carbons (Fsp3) is 0.417. The average molecular weight is 208 g/mol. The molecular weight excluding hydrogens is 192 g/mol. The zero-order valence-electron chi connectivity index (χ0n) is 8.94. The van der Waals surface area contributed by atoms with Crippen molar-refractivity contribution >= 4 is 5.97 Å². The average Bonchev–Trinajstić information content (AvgIpc) is 2.88. The first-order chi connectivity index (χ1) is 7.34. The fourth-order valence-corrected chi connectivity index (χ4v) is 1.20. The van der Waals surface area contributed by atoms with Crippen molar-refractivity contribution in [3.8, 4) is 0 Å². The molecule has 0 spiro atoms. The lowest BCUT2D eigenvalue weighted by Crippen LogP contribution is -1.99. The number of methoxy groups -OCH3 is 1. The quantitative estimate of drug-likeness (QED) is 0.664. The lowest BCUT2D eigenvalue weighted by molar-refractivity contribution is 0.0601. The third-order valence-corrected chi connectivity index (χ3v) is 2.02. The molecule has 1 heterocycles. The van der Waals surface area contributed by atoms with Crippen LogP contribution in [0, 0.1) is 0 Å². The number of hydrogen-bond donors (Lipinski definition) is 0. The molecule has 0 radical (unpaired) electrons. The summed E-state index contributed by atoms with van der Waals surface area (Å²) < 4.78 is 9.44. The van der Waals surface area contributed by atoms with E-state index in [1.807, 2.05) is 6.07 Å². The van der Waals surface area contributed by atoms with Gasteiger partial charge in [-0.05, 0) is 25.0 Å². The zero-order valence-corrected chi connectivity index (χ0v) is 8.94. The van der Waals surface area contributed by atoms with E-state index in [1.54, 1.807) is 24.3 Å². The van der Waals surface area contributed by atoms with Crippen molar-refractivity contribution in [3.63, 3.8) is 0 Å². The van der Waals surface area contributed by atoms with Crippen LogP contribution in [-0.2, 0) is 9.47 Å². The summed E-state index contributed by atoms with van der Waals surface area (Å²) >= 11 is 0. The van der Waals surface area contributed by atoms with E-state index in [2.05, 4.69) is 4.74 Å². The van der Waals surface area contributed by atoms with E-state index in [1.165, 1.54) is 20.0 Å². The molecule has 1 fully saturated rings. The van der Waals surface area contributed by atoms with E-state index in [-0.39, 0.29) is 5.97 Å². The minimum Gasteiger partial charge on any atom is -0.465 e. The highest BCUT2D eigenvalue weighted by Gasteiger charge is 2.00. The lowest BCUT2D eigenvalue weighted by atomic mass is 10.2. The Labute approximate surface area is 90.0 Å². The van der Waals surface area contributed by atoms with E-state index in [0.717, 1.165) is 13.2 Å². The summed E-state index contributed by atoms with van der Waals surface area (Å²) in [5.74, 6) is -0.291. The fourth-order valence-electron chi connectivity index (χ4n) is 1.20. The van der Waals surface area contributed by atoms with Gasteiger partial charge in [0.2, 0.25) is 0 Å². The molecule has 0 atom stereocenters. The van der Waals surface area contributed by atoms with E-state index < -0.39 is 0 Å². The molecule has 0 saturated carbocycles. The summed E-state index contributed by atoms with van der Waals surface area (Å²) in [6.45, 7) is 2.00. The number of esters is 1. The Morgan fingerprint density at radius 2 is 1.80 bits per heavy atom. The van der Waals surface area contributed by atoms with Crippen molar-refractivity contribution in [1.82, 2.24) is 0 Å². The van der Waals surface area contributed by atoms with E-state index in [4.69, 9.17) is 4.74 Å². The van der Waals surface area contributed by atoms with Gasteiger partial charge in [-0.1, -0.05) is 18.2 Å². The van der Waals surface area contributed by atoms with Gasteiger partial charge in [0.05, 0.1) is 12.7 Å². The van der Waals surface area contributed by atoms with Crippen molar-refractivity contribution < 1.29 is 14.3 Å². The number of hydrogen-bond acceptors (Lipinski definition) is 3. The number of ether oxygens (including phenoxy) is 2. The first-order valence-electron chi connectivity index (χ1n) is 5.05. The van der Waals surface area contributed by atoms with Gasteiger partial charge in [0.15, 0.2) is 0 Å². The maximum absolute atomic E-state index is 10.8. The summed E-state index contributed by atoms with van der Waals surface area (Å²) in [6, 6.07) is 8.88. The number of benzene rings is 1. The monoisotopic (exact) mass is 208 g/mol. The van der Waals surface area contributed by atoms with Gasteiger partial charge >= 0.3 is 5.97 Å². The predicted molar refractivity (Wildman–Crippen MR) is 57.8 cm³/mol. The summed E-state index contributed by atoms with van der Waals surface area (Å²) in [7, 11) is 1.37. The third kappa shape index (κ3) is 4.61. The molecule has 1 aromatic rings. The van der Waals surface area contributed by atoms with Gasteiger partial charge in [0.1, 0.15) is 0 Å². The van der Waals surface area contributed by atoms with Crippen molar-refractivity contribution in [2.24, 2.45) is 0 Å². The highest BCUT2D eigenvalue weighted by Crippen LogP contribution is 1.99. The Balaban J connectivity index is 0.000000187. The Kier molecular flexibility index (Phi) is 5.48. The minimum atomic E-state index is -0.291.